The van der Waals surface area contributed by atoms with E-state index in [-0.39, 0.29) is 18.0 Å². The fraction of sp³-hybridized carbons (Fsp3) is 0.308. The number of carboxylic acid groups (broad SMARTS) is 1. The summed E-state index contributed by atoms with van der Waals surface area (Å²) in [6.07, 6.45) is 2.12. The Bertz CT molecular complexity index is 631. The summed E-state index contributed by atoms with van der Waals surface area (Å²) in [4.78, 5) is 15.3. The van der Waals surface area contributed by atoms with E-state index in [1.54, 1.807) is 13.0 Å². The molecule has 0 saturated carbocycles. The van der Waals surface area contributed by atoms with Crippen molar-refractivity contribution in [2.75, 3.05) is 17.7 Å². The number of hydrogen-bond acceptors (Lipinski definition) is 5. The number of nitrogens with one attached hydrogen (secondary N) is 1. The van der Waals surface area contributed by atoms with Gasteiger partial charge in [-0.15, -0.1) is 11.6 Å². The van der Waals surface area contributed by atoms with Crippen LogP contribution in [-0.4, -0.2) is 49.5 Å². The monoisotopic (exact) mass is 310 g/mol. The van der Waals surface area contributed by atoms with E-state index in [0.29, 0.717) is 11.4 Å². The number of anilines is 1. The molecule has 1 aromatic heterocycles. The lowest BCUT2D eigenvalue weighted by atomic mass is 10.1. The van der Waals surface area contributed by atoms with Crippen molar-refractivity contribution in [3.63, 3.8) is 0 Å². The van der Waals surface area contributed by atoms with Gasteiger partial charge >= 0.3 is 5.97 Å². The molecule has 1 atom stereocenters. The molecule has 1 aromatic carbocycles. The van der Waals surface area contributed by atoms with E-state index in [1.165, 1.54) is 23.4 Å². The highest BCUT2D eigenvalue weighted by Gasteiger charge is 2.16. The summed E-state index contributed by atoms with van der Waals surface area (Å²) >= 11 is 5.53. The van der Waals surface area contributed by atoms with Gasteiger partial charge in [0.15, 0.2) is 0 Å². The first-order chi connectivity index (χ1) is 10.0. The number of aromatic nitrogens is 3. The van der Waals surface area contributed by atoms with Crippen LogP contribution in [0.2, 0.25) is 0 Å². The van der Waals surface area contributed by atoms with E-state index < -0.39 is 12.1 Å². The van der Waals surface area contributed by atoms with Crippen LogP contribution in [0.3, 0.4) is 0 Å². The Labute approximate surface area is 126 Å². The first-order valence-electron chi connectivity index (χ1n) is 6.23. The van der Waals surface area contributed by atoms with Crippen LogP contribution < -0.4 is 5.32 Å². The second-order valence-corrected chi connectivity index (χ2v) is 4.83. The number of aryl methyl sites for hydroxylation is 1. The topological polar surface area (TPSA) is 100 Å². The number of halogens is 1. The third kappa shape index (κ3) is 3.50. The third-order valence-corrected chi connectivity index (χ3v) is 3.28. The number of aromatic carboxylic acids is 1. The molecular formula is C13H15ClN4O3. The quantitative estimate of drug-likeness (QED) is 0.695. The molecule has 3 N–H and O–H groups in total. The second-order valence-electron chi connectivity index (χ2n) is 4.52. The van der Waals surface area contributed by atoms with Gasteiger partial charge in [-0.3, -0.25) is 0 Å². The van der Waals surface area contributed by atoms with Crippen molar-refractivity contribution in [2.45, 2.75) is 13.0 Å². The van der Waals surface area contributed by atoms with Gasteiger partial charge in [-0.05, 0) is 24.6 Å². The maximum atomic E-state index is 11.4. The molecule has 0 amide bonds. The minimum atomic E-state index is -1.07. The number of hydrogen-bond donors (Lipinski definition) is 3. The van der Waals surface area contributed by atoms with Crippen LogP contribution in [0.5, 0.6) is 0 Å². The minimum Gasteiger partial charge on any atom is -0.478 e. The van der Waals surface area contributed by atoms with Gasteiger partial charge in [-0.2, -0.15) is 5.10 Å². The summed E-state index contributed by atoms with van der Waals surface area (Å²) in [5.41, 5.74) is 1.88. The Morgan fingerprint density at radius 2 is 2.29 bits per heavy atom. The molecule has 0 radical (unpaired) electrons. The maximum Gasteiger partial charge on any atom is 0.337 e. The Morgan fingerprint density at radius 1 is 1.52 bits per heavy atom. The fourth-order valence-electron chi connectivity index (χ4n) is 1.92. The van der Waals surface area contributed by atoms with Crippen molar-refractivity contribution >= 4 is 23.3 Å². The molecule has 2 rings (SSSR count). The van der Waals surface area contributed by atoms with Crippen molar-refractivity contribution < 1.29 is 15.0 Å². The molecule has 0 fully saturated rings. The highest BCUT2D eigenvalue weighted by Crippen LogP contribution is 2.24. The molecule has 8 heteroatoms. The van der Waals surface area contributed by atoms with Gasteiger partial charge in [0.25, 0.3) is 0 Å². The zero-order chi connectivity index (χ0) is 15.4. The van der Waals surface area contributed by atoms with E-state index in [2.05, 4.69) is 15.4 Å². The number of carboxylic acids is 1. The number of alkyl halides is 1. The molecule has 0 aliphatic heterocycles. The van der Waals surface area contributed by atoms with E-state index >= 15 is 0 Å². The van der Waals surface area contributed by atoms with Crippen molar-refractivity contribution in [3.8, 4) is 5.69 Å². The fourth-order valence-corrected chi connectivity index (χ4v) is 2.03. The van der Waals surface area contributed by atoms with Crippen LogP contribution in [0, 0.1) is 6.92 Å². The summed E-state index contributed by atoms with van der Waals surface area (Å²) in [5.74, 6) is -0.992. The third-order valence-electron chi connectivity index (χ3n) is 2.93. The summed E-state index contributed by atoms with van der Waals surface area (Å²) < 4.78 is 1.48. The predicted molar refractivity (Wildman–Crippen MR) is 78.3 cm³/mol. The molecule has 21 heavy (non-hydrogen) atoms. The highest BCUT2D eigenvalue weighted by molar-refractivity contribution is 6.18. The number of nitrogens with zero attached hydrogens (tertiary/aromatic N) is 3. The smallest absolute Gasteiger partial charge is 0.337 e. The Hall–Kier alpha value is -2.12. The molecule has 0 aliphatic carbocycles. The number of aliphatic hydroxyl groups is 1. The van der Waals surface area contributed by atoms with Gasteiger partial charge in [-0.25, -0.2) is 14.5 Å². The standard InChI is InChI=1S/C13H15ClN4O3/c1-8-2-9(18-7-15-6-17-18)3-11(13(20)21)12(8)16-5-10(19)4-14/h2-3,6-7,10,16,19H,4-5H2,1H3,(H,20,21). The van der Waals surface area contributed by atoms with Gasteiger partial charge in [0.05, 0.1) is 28.9 Å². The molecule has 2 aromatic rings. The molecule has 7 nitrogen and oxygen atoms in total. The lowest BCUT2D eigenvalue weighted by molar-refractivity contribution is 0.0697. The molecule has 1 unspecified atom stereocenters. The first kappa shape index (κ1) is 15.3. The highest BCUT2D eigenvalue weighted by atomic mass is 35.5. The number of aliphatic hydroxyl groups excluding tert-OH is 1. The molecule has 0 bridgehead atoms. The number of carbonyl (C=O) groups is 1. The Kier molecular flexibility index (Phi) is 4.77. The SMILES string of the molecule is Cc1cc(-n2cncn2)cc(C(=O)O)c1NCC(O)CCl. The molecule has 112 valence electrons. The number of benzene rings is 1. The van der Waals surface area contributed by atoms with Gasteiger partial charge in [0.2, 0.25) is 0 Å². The summed E-state index contributed by atoms with van der Waals surface area (Å²) in [5, 5.41) is 25.7. The molecular weight excluding hydrogens is 296 g/mol. The Balaban J connectivity index is 2.38. The van der Waals surface area contributed by atoms with E-state index in [1.807, 2.05) is 0 Å². The van der Waals surface area contributed by atoms with Crippen molar-refractivity contribution in [2.24, 2.45) is 0 Å². The second kappa shape index (κ2) is 6.55. The lowest BCUT2D eigenvalue weighted by Gasteiger charge is -2.16. The molecule has 1 heterocycles. The van der Waals surface area contributed by atoms with E-state index in [9.17, 15) is 15.0 Å². The van der Waals surface area contributed by atoms with E-state index in [4.69, 9.17) is 11.6 Å². The average Bonchev–Trinajstić information content (AvgIpc) is 2.98. The normalized spacial score (nSPS) is 12.1. The number of rotatable bonds is 6. The van der Waals surface area contributed by atoms with Crippen LogP contribution in [0.4, 0.5) is 5.69 Å². The zero-order valence-corrected chi connectivity index (χ0v) is 12.1. The predicted octanol–water partition coefficient (Wildman–Crippen LogP) is 1.29. The van der Waals surface area contributed by atoms with Gasteiger partial charge in [0, 0.05) is 6.54 Å². The van der Waals surface area contributed by atoms with Gasteiger partial charge < -0.3 is 15.5 Å². The van der Waals surface area contributed by atoms with Crippen molar-refractivity contribution in [3.05, 3.63) is 35.9 Å². The molecule has 0 saturated heterocycles. The van der Waals surface area contributed by atoms with Crippen LogP contribution in [0.1, 0.15) is 15.9 Å². The molecule has 0 aliphatic rings. The van der Waals surface area contributed by atoms with E-state index in [0.717, 1.165) is 5.56 Å². The largest absolute Gasteiger partial charge is 0.478 e. The molecule has 0 spiro atoms. The van der Waals surface area contributed by atoms with Crippen molar-refractivity contribution in [1.82, 2.24) is 14.8 Å². The minimum absolute atomic E-state index is 0.0749. The summed E-state index contributed by atoms with van der Waals surface area (Å²) in [6, 6.07) is 3.29. The first-order valence-corrected chi connectivity index (χ1v) is 6.77. The summed E-state index contributed by atoms with van der Waals surface area (Å²) in [7, 11) is 0. The Morgan fingerprint density at radius 3 is 2.86 bits per heavy atom. The van der Waals surface area contributed by atoms with Crippen molar-refractivity contribution in [1.29, 1.82) is 0 Å². The zero-order valence-electron chi connectivity index (χ0n) is 11.3. The lowest BCUT2D eigenvalue weighted by Crippen LogP contribution is -2.22. The van der Waals surface area contributed by atoms with Gasteiger partial charge in [-0.1, -0.05) is 0 Å². The van der Waals surface area contributed by atoms with Gasteiger partial charge in [0.1, 0.15) is 12.7 Å². The maximum absolute atomic E-state index is 11.4. The van der Waals surface area contributed by atoms with Crippen LogP contribution in [0.25, 0.3) is 5.69 Å². The average molecular weight is 311 g/mol. The van der Waals surface area contributed by atoms with Crippen LogP contribution >= 0.6 is 11.6 Å². The van der Waals surface area contributed by atoms with Crippen LogP contribution in [0.15, 0.2) is 24.8 Å². The summed E-state index contributed by atoms with van der Waals surface area (Å²) in [6.45, 7) is 1.95. The van der Waals surface area contributed by atoms with Crippen LogP contribution in [-0.2, 0) is 0 Å².